The summed E-state index contributed by atoms with van der Waals surface area (Å²) < 4.78 is 1.80. The van der Waals surface area contributed by atoms with Gasteiger partial charge in [0, 0.05) is 31.8 Å². The summed E-state index contributed by atoms with van der Waals surface area (Å²) in [5.41, 5.74) is 1.82. The second-order valence-corrected chi connectivity index (χ2v) is 5.07. The van der Waals surface area contributed by atoms with Crippen molar-refractivity contribution in [1.29, 1.82) is 0 Å². The molecule has 2 aromatic heterocycles. The Bertz CT molecular complexity index is 571. The number of nitrogens with one attached hydrogen (secondary N) is 1. The van der Waals surface area contributed by atoms with Crippen LogP contribution in [0.15, 0.2) is 18.3 Å². The van der Waals surface area contributed by atoms with Gasteiger partial charge in [0.2, 0.25) is 0 Å². The summed E-state index contributed by atoms with van der Waals surface area (Å²) in [4.78, 5) is 9.27. The first kappa shape index (κ1) is 12.1. The Morgan fingerprint density at radius 1 is 1.32 bits per heavy atom. The second-order valence-electron chi connectivity index (χ2n) is 5.07. The van der Waals surface area contributed by atoms with Crippen LogP contribution in [0.25, 0.3) is 11.4 Å². The molecule has 5 heteroatoms. The van der Waals surface area contributed by atoms with Crippen LogP contribution in [0.1, 0.15) is 37.9 Å². The highest BCUT2D eigenvalue weighted by Gasteiger charge is 2.27. The standard InChI is InChI=1S/C14H19N5/c1-3-7-15-13-9-12(11-6-8-19(2)18-11)16-14(17-13)10-4-5-10/h6,8-10H,3-5,7H2,1-2H3,(H,15,16,17). The molecular weight excluding hydrogens is 238 g/mol. The van der Waals surface area contributed by atoms with E-state index in [4.69, 9.17) is 0 Å². The summed E-state index contributed by atoms with van der Waals surface area (Å²) in [6.07, 6.45) is 5.44. The predicted octanol–water partition coefficient (Wildman–Crippen LogP) is 2.58. The van der Waals surface area contributed by atoms with Crippen LogP contribution in [0.3, 0.4) is 0 Å². The molecule has 1 fully saturated rings. The first-order chi connectivity index (χ1) is 9.26. The molecule has 0 atom stereocenters. The number of hydrogen-bond donors (Lipinski definition) is 1. The minimum absolute atomic E-state index is 0.547. The Balaban J connectivity index is 1.95. The van der Waals surface area contributed by atoms with E-state index in [1.807, 2.05) is 25.4 Å². The largest absolute Gasteiger partial charge is 0.370 e. The molecular formula is C14H19N5. The van der Waals surface area contributed by atoms with E-state index in [-0.39, 0.29) is 0 Å². The molecule has 1 saturated carbocycles. The Morgan fingerprint density at radius 2 is 2.16 bits per heavy atom. The van der Waals surface area contributed by atoms with Crippen molar-refractivity contribution in [1.82, 2.24) is 19.7 Å². The van der Waals surface area contributed by atoms with Crippen LogP contribution in [0, 0.1) is 0 Å². The van der Waals surface area contributed by atoms with Crippen LogP contribution in [0.4, 0.5) is 5.82 Å². The summed E-state index contributed by atoms with van der Waals surface area (Å²) in [7, 11) is 1.92. The van der Waals surface area contributed by atoms with Crippen molar-refractivity contribution in [3.8, 4) is 11.4 Å². The normalized spacial score (nSPS) is 14.6. The van der Waals surface area contributed by atoms with E-state index in [0.29, 0.717) is 5.92 Å². The summed E-state index contributed by atoms with van der Waals surface area (Å²) in [6.45, 7) is 3.08. The third-order valence-electron chi connectivity index (χ3n) is 3.22. The van der Waals surface area contributed by atoms with Crippen LogP contribution >= 0.6 is 0 Å². The molecule has 3 rings (SSSR count). The lowest BCUT2D eigenvalue weighted by molar-refractivity contribution is 0.769. The van der Waals surface area contributed by atoms with Gasteiger partial charge in [0.15, 0.2) is 0 Å². The molecule has 0 bridgehead atoms. The second kappa shape index (κ2) is 4.99. The number of aromatic nitrogens is 4. The molecule has 0 aromatic carbocycles. The van der Waals surface area contributed by atoms with Gasteiger partial charge in [-0.25, -0.2) is 9.97 Å². The lowest BCUT2D eigenvalue weighted by Crippen LogP contribution is -2.05. The van der Waals surface area contributed by atoms with E-state index in [0.717, 1.165) is 36.0 Å². The monoisotopic (exact) mass is 257 g/mol. The van der Waals surface area contributed by atoms with Gasteiger partial charge in [-0.05, 0) is 25.3 Å². The van der Waals surface area contributed by atoms with E-state index in [1.165, 1.54) is 12.8 Å². The van der Waals surface area contributed by atoms with Crippen LogP contribution in [-0.4, -0.2) is 26.3 Å². The summed E-state index contributed by atoms with van der Waals surface area (Å²) >= 11 is 0. The molecule has 1 aliphatic rings. The Kier molecular flexibility index (Phi) is 3.19. The van der Waals surface area contributed by atoms with Crippen molar-refractivity contribution in [2.24, 2.45) is 7.05 Å². The first-order valence-electron chi connectivity index (χ1n) is 6.89. The van der Waals surface area contributed by atoms with Gasteiger partial charge in [0.25, 0.3) is 0 Å². The van der Waals surface area contributed by atoms with Gasteiger partial charge >= 0.3 is 0 Å². The number of hydrogen-bond acceptors (Lipinski definition) is 4. The first-order valence-corrected chi connectivity index (χ1v) is 6.89. The lowest BCUT2D eigenvalue weighted by Gasteiger charge is -2.08. The quantitative estimate of drug-likeness (QED) is 0.894. The van der Waals surface area contributed by atoms with Crippen molar-refractivity contribution in [2.45, 2.75) is 32.1 Å². The van der Waals surface area contributed by atoms with Gasteiger partial charge in [-0.15, -0.1) is 0 Å². The van der Waals surface area contributed by atoms with Crippen LogP contribution in [0.5, 0.6) is 0 Å². The zero-order chi connectivity index (χ0) is 13.2. The van der Waals surface area contributed by atoms with E-state index in [2.05, 4.69) is 27.3 Å². The van der Waals surface area contributed by atoms with Gasteiger partial charge in [0.1, 0.15) is 17.3 Å². The topological polar surface area (TPSA) is 55.6 Å². The third kappa shape index (κ3) is 2.75. The highest BCUT2D eigenvalue weighted by Crippen LogP contribution is 2.39. The molecule has 0 spiro atoms. The van der Waals surface area contributed by atoms with Crippen LogP contribution in [-0.2, 0) is 7.05 Å². The fraction of sp³-hybridized carbons (Fsp3) is 0.500. The highest BCUT2D eigenvalue weighted by atomic mass is 15.3. The minimum Gasteiger partial charge on any atom is -0.370 e. The SMILES string of the molecule is CCCNc1cc(-c2ccn(C)n2)nc(C2CC2)n1. The number of nitrogens with zero attached hydrogens (tertiary/aromatic N) is 4. The highest BCUT2D eigenvalue weighted by molar-refractivity contribution is 5.58. The Labute approximate surface area is 113 Å². The zero-order valence-corrected chi connectivity index (χ0v) is 11.4. The maximum Gasteiger partial charge on any atom is 0.134 e. The maximum atomic E-state index is 4.66. The molecule has 100 valence electrons. The summed E-state index contributed by atoms with van der Waals surface area (Å²) in [5, 5.41) is 7.77. The van der Waals surface area contributed by atoms with Gasteiger partial charge in [0.05, 0.1) is 5.69 Å². The molecule has 0 amide bonds. The molecule has 1 N–H and O–H groups in total. The van der Waals surface area contributed by atoms with E-state index < -0.39 is 0 Å². The summed E-state index contributed by atoms with van der Waals surface area (Å²) in [6, 6.07) is 3.98. The predicted molar refractivity (Wildman–Crippen MR) is 75.0 cm³/mol. The van der Waals surface area contributed by atoms with Crippen molar-refractivity contribution < 1.29 is 0 Å². The van der Waals surface area contributed by atoms with Crippen LogP contribution in [0.2, 0.25) is 0 Å². The van der Waals surface area contributed by atoms with E-state index in [9.17, 15) is 0 Å². The fourth-order valence-corrected chi connectivity index (χ4v) is 2.02. The van der Waals surface area contributed by atoms with Gasteiger partial charge in [-0.1, -0.05) is 6.92 Å². The fourth-order valence-electron chi connectivity index (χ4n) is 2.02. The number of anilines is 1. The maximum absolute atomic E-state index is 4.66. The van der Waals surface area contributed by atoms with Crippen LogP contribution < -0.4 is 5.32 Å². The molecule has 0 aliphatic heterocycles. The minimum atomic E-state index is 0.547. The average Bonchev–Trinajstić information content (AvgIpc) is 3.18. The Hall–Kier alpha value is -1.91. The van der Waals surface area contributed by atoms with Gasteiger partial charge in [-0.2, -0.15) is 5.10 Å². The van der Waals surface area contributed by atoms with Crippen molar-refractivity contribution in [2.75, 3.05) is 11.9 Å². The summed E-state index contributed by atoms with van der Waals surface area (Å²) in [5.74, 6) is 2.42. The lowest BCUT2D eigenvalue weighted by atomic mass is 10.2. The molecule has 1 aliphatic carbocycles. The number of aryl methyl sites for hydroxylation is 1. The third-order valence-corrected chi connectivity index (χ3v) is 3.22. The molecule has 5 nitrogen and oxygen atoms in total. The average molecular weight is 257 g/mol. The Morgan fingerprint density at radius 3 is 2.79 bits per heavy atom. The van der Waals surface area contributed by atoms with Crippen molar-refractivity contribution in [3.63, 3.8) is 0 Å². The molecule has 2 heterocycles. The molecule has 19 heavy (non-hydrogen) atoms. The smallest absolute Gasteiger partial charge is 0.134 e. The van der Waals surface area contributed by atoms with Gasteiger partial charge in [-0.3, -0.25) is 4.68 Å². The van der Waals surface area contributed by atoms with E-state index in [1.54, 1.807) is 4.68 Å². The van der Waals surface area contributed by atoms with Crippen molar-refractivity contribution >= 4 is 5.82 Å². The molecule has 0 saturated heterocycles. The van der Waals surface area contributed by atoms with E-state index >= 15 is 0 Å². The molecule has 0 radical (unpaired) electrons. The van der Waals surface area contributed by atoms with Crippen molar-refractivity contribution in [3.05, 3.63) is 24.2 Å². The molecule has 2 aromatic rings. The van der Waals surface area contributed by atoms with Gasteiger partial charge < -0.3 is 5.32 Å². The zero-order valence-electron chi connectivity index (χ0n) is 11.4. The molecule has 0 unspecified atom stereocenters. The number of rotatable bonds is 5.